The van der Waals surface area contributed by atoms with Crippen molar-refractivity contribution in [1.82, 2.24) is 5.32 Å². The highest BCUT2D eigenvalue weighted by molar-refractivity contribution is 6.31. The van der Waals surface area contributed by atoms with Gasteiger partial charge in [-0.3, -0.25) is 19.2 Å². The molecule has 3 rings (SSSR count). The molecule has 0 aromatic heterocycles. The lowest BCUT2D eigenvalue weighted by atomic mass is 9.70. The van der Waals surface area contributed by atoms with E-state index in [4.69, 9.17) is 9.47 Å². The minimum atomic E-state index is -1.56. The van der Waals surface area contributed by atoms with Gasteiger partial charge >= 0.3 is 5.97 Å². The highest BCUT2D eigenvalue weighted by Crippen LogP contribution is 2.57. The molecule has 1 aromatic carbocycles. The molecular weight excluding hydrogens is 430 g/mol. The lowest BCUT2D eigenvalue weighted by Gasteiger charge is -2.29. The summed E-state index contributed by atoms with van der Waals surface area (Å²) in [5, 5.41) is 24.2. The predicted octanol–water partition coefficient (Wildman–Crippen LogP) is 2.50. The summed E-state index contributed by atoms with van der Waals surface area (Å²) in [6, 6.07) is 0. The number of allylic oxidation sites excluding steroid dienone is 4. The first-order chi connectivity index (χ1) is 15.5. The monoisotopic (exact) mass is 457 g/mol. The number of benzene rings is 1. The summed E-state index contributed by atoms with van der Waals surface area (Å²) in [4.78, 5) is 50.1. The molecule has 0 radical (unpaired) electrons. The predicted molar refractivity (Wildman–Crippen MR) is 117 cm³/mol. The molecule has 0 fully saturated rings. The molecule has 0 amide bonds. The minimum absolute atomic E-state index is 0.0193. The van der Waals surface area contributed by atoms with E-state index >= 15 is 0 Å². The molecule has 176 valence electrons. The third-order valence-corrected chi connectivity index (χ3v) is 6.01. The molecule has 1 unspecified atom stereocenters. The number of ketones is 3. The van der Waals surface area contributed by atoms with Gasteiger partial charge in [0.05, 0.1) is 17.7 Å². The molecular formula is C24H27NO8. The van der Waals surface area contributed by atoms with Crippen LogP contribution in [0.5, 0.6) is 17.2 Å². The van der Waals surface area contributed by atoms with Crippen molar-refractivity contribution in [3.63, 3.8) is 0 Å². The Morgan fingerprint density at radius 2 is 1.85 bits per heavy atom. The van der Waals surface area contributed by atoms with Crippen molar-refractivity contribution in [2.45, 2.75) is 52.9 Å². The van der Waals surface area contributed by atoms with E-state index in [9.17, 15) is 29.4 Å². The minimum Gasteiger partial charge on any atom is -0.507 e. The number of nitrogens with one attached hydrogen (secondary N) is 1. The Morgan fingerprint density at radius 1 is 1.18 bits per heavy atom. The fourth-order valence-corrected chi connectivity index (χ4v) is 4.19. The fraction of sp³-hybridized carbons (Fsp3) is 0.417. The van der Waals surface area contributed by atoms with Gasteiger partial charge in [-0.15, -0.1) is 0 Å². The van der Waals surface area contributed by atoms with Crippen LogP contribution in [0.2, 0.25) is 0 Å². The van der Waals surface area contributed by atoms with E-state index in [1.165, 1.54) is 20.8 Å². The zero-order chi connectivity index (χ0) is 24.7. The van der Waals surface area contributed by atoms with Gasteiger partial charge in [-0.1, -0.05) is 0 Å². The zero-order valence-corrected chi connectivity index (χ0v) is 19.2. The second-order valence-electron chi connectivity index (χ2n) is 8.22. The second kappa shape index (κ2) is 8.73. The van der Waals surface area contributed by atoms with Crippen molar-refractivity contribution in [3.05, 3.63) is 39.8 Å². The first-order valence-electron chi connectivity index (χ1n) is 10.7. The topological polar surface area (TPSA) is 139 Å². The number of phenols is 2. The molecule has 0 saturated carbocycles. The first kappa shape index (κ1) is 24.0. The standard InChI is InChI=1S/C24H27NO8/c1-6-32-16(28)8-7-9-25-12(3)17-14(27)10-15-24(5,23(17)31)19-21(30)11(2)20(29)18(13(4)26)22(19)33-15/h10,25,29-30H,6-9H2,1-5H3. The Balaban J connectivity index is 2.01. The molecule has 1 heterocycles. The van der Waals surface area contributed by atoms with Gasteiger partial charge in [0.2, 0.25) is 0 Å². The number of esters is 1. The van der Waals surface area contributed by atoms with Crippen LogP contribution in [-0.2, 0) is 24.5 Å². The van der Waals surface area contributed by atoms with Crippen LogP contribution in [0.3, 0.4) is 0 Å². The third-order valence-electron chi connectivity index (χ3n) is 6.01. The van der Waals surface area contributed by atoms with Crippen LogP contribution in [0.4, 0.5) is 0 Å². The highest BCUT2D eigenvalue weighted by Gasteiger charge is 2.56. The van der Waals surface area contributed by atoms with Crippen LogP contribution < -0.4 is 10.1 Å². The van der Waals surface area contributed by atoms with Gasteiger partial charge in [-0.2, -0.15) is 0 Å². The first-order valence-corrected chi connectivity index (χ1v) is 10.7. The fourth-order valence-electron chi connectivity index (χ4n) is 4.19. The number of carbonyl (C=O) groups is 4. The van der Waals surface area contributed by atoms with E-state index in [0.717, 1.165) is 6.08 Å². The molecule has 9 nitrogen and oxygen atoms in total. The van der Waals surface area contributed by atoms with E-state index in [0.29, 0.717) is 25.3 Å². The molecule has 1 aliphatic carbocycles. The Bertz CT molecular complexity index is 1140. The van der Waals surface area contributed by atoms with Crippen molar-refractivity contribution >= 4 is 23.3 Å². The average molecular weight is 457 g/mol. The third kappa shape index (κ3) is 3.77. The zero-order valence-electron chi connectivity index (χ0n) is 19.2. The Morgan fingerprint density at radius 3 is 2.45 bits per heavy atom. The molecule has 33 heavy (non-hydrogen) atoms. The Kier molecular flexibility index (Phi) is 6.35. The van der Waals surface area contributed by atoms with Gasteiger partial charge < -0.3 is 25.0 Å². The molecule has 0 bridgehead atoms. The van der Waals surface area contributed by atoms with Crippen molar-refractivity contribution in [1.29, 1.82) is 0 Å². The number of phenolic OH excluding ortho intramolecular Hbond substituents is 2. The number of Topliss-reactive ketones (excluding diaryl/α,β-unsaturated/α-hetero) is 2. The quantitative estimate of drug-likeness (QED) is 0.185. The smallest absolute Gasteiger partial charge is 0.305 e. The molecule has 2 aliphatic rings. The maximum absolute atomic E-state index is 13.6. The van der Waals surface area contributed by atoms with Crippen molar-refractivity contribution in [2.24, 2.45) is 0 Å². The van der Waals surface area contributed by atoms with Crippen LogP contribution in [0.25, 0.3) is 0 Å². The number of rotatable bonds is 7. The Labute approximate surface area is 191 Å². The number of hydrogen-bond acceptors (Lipinski definition) is 9. The molecule has 1 atom stereocenters. The van der Waals surface area contributed by atoms with Crippen LogP contribution in [-0.4, -0.2) is 46.7 Å². The van der Waals surface area contributed by atoms with Crippen LogP contribution in [0.1, 0.15) is 62.0 Å². The van der Waals surface area contributed by atoms with Crippen molar-refractivity contribution < 1.29 is 38.9 Å². The number of ether oxygens (including phenoxy) is 2. The summed E-state index contributed by atoms with van der Waals surface area (Å²) in [6.45, 7) is 8.10. The van der Waals surface area contributed by atoms with Crippen molar-refractivity contribution in [2.75, 3.05) is 13.2 Å². The summed E-state index contributed by atoms with van der Waals surface area (Å²) < 4.78 is 10.6. The van der Waals surface area contributed by atoms with Gasteiger partial charge in [0.1, 0.15) is 34.0 Å². The van der Waals surface area contributed by atoms with Gasteiger partial charge in [0, 0.05) is 30.3 Å². The van der Waals surface area contributed by atoms with Crippen molar-refractivity contribution in [3.8, 4) is 17.2 Å². The number of hydrogen-bond donors (Lipinski definition) is 3. The Hall–Kier alpha value is -3.62. The lowest BCUT2D eigenvalue weighted by Crippen LogP contribution is -2.41. The van der Waals surface area contributed by atoms with Gasteiger partial charge in [-0.25, -0.2) is 0 Å². The van der Waals surface area contributed by atoms with Gasteiger partial charge in [-0.05, 0) is 41.0 Å². The summed E-state index contributed by atoms with van der Waals surface area (Å²) in [7, 11) is 0. The second-order valence-corrected chi connectivity index (χ2v) is 8.22. The largest absolute Gasteiger partial charge is 0.507 e. The summed E-state index contributed by atoms with van der Waals surface area (Å²) >= 11 is 0. The maximum atomic E-state index is 13.6. The average Bonchev–Trinajstić information content (AvgIpc) is 3.03. The van der Waals surface area contributed by atoms with E-state index < -0.39 is 28.5 Å². The number of carbonyl (C=O) groups excluding carboxylic acids is 4. The SMILES string of the molecule is CCOC(=O)CCCNC(C)=C1C(=O)C=C2Oc3c(C(C)=O)c(O)c(C)c(O)c3C2(C)C1=O. The molecule has 3 N–H and O–H groups in total. The van der Waals surface area contributed by atoms with Crippen LogP contribution >= 0.6 is 0 Å². The molecule has 9 heteroatoms. The van der Waals surface area contributed by atoms with Gasteiger partial charge in [0.15, 0.2) is 17.3 Å². The maximum Gasteiger partial charge on any atom is 0.305 e. The summed E-state index contributed by atoms with van der Waals surface area (Å²) in [5.74, 6) is -2.98. The van der Waals surface area contributed by atoms with Gasteiger partial charge in [0.25, 0.3) is 0 Å². The van der Waals surface area contributed by atoms with Crippen LogP contribution in [0.15, 0.2) is 23.1 Å². The van der Waals surface area contributed by atoms with E-state index in [-0.39, 0.29) is 51.9 Å². The summed E-state index contributed by atoms with van der Waals surface area (Å²) in [5.41, 5.74) is -1.42. The van der Waals surface area contributed by atoms with E-state index in [1.54, 1.807) is 13.8 Å². The number of fused-ring (bicyclic) bond motifs is 3. The summed E-state index contributed by atoms with van der Waals surface area (Å²) in [6.07, 6.45) is 1.80. The van der Waals surface area contributed by atoms with E-state index in [1.807, 2.05) is 0 Å². The molecule has 0 spiro atoms. The van der Waals surface area contributed by atoms with Crippen LogP contribution in [0, 0.1) is 6.92 Å². The molecule has 0 saturated heterocycles. The molecule has 1 aliphatic heterocycles. The molecule has 1 aromatic rings. The highest BCUT2D eigenvalue weighted by atomic mass is 16.5. The number of aromatic hydroxyl groups is 2. The lowest BCUT2D eigenvalue weighted by molar-refractivity contribution is -0.143. The normalized spacial score (nSPS) is 20.5. The van der Waals surface area contributed by atoms with E-state index in [2.05, 4.69) is 5.32 Å².